The molecule has 0 radical (unpaired) electrons. The van der Waals surface area contributed by atoms with E-state index in [2.05, 4.69) is 26.8 Å². The van der Waals surface area contributed by atoms with Crippen LogP contribution in [-0.4, -0.2) is 62.7 Å². The molecule has 0 unspecified atom stereocenters. The van der Waals surface area contributed by atoms with Crippen LogP contribution in [-0.2, 0) is 6.54 Å². The van der Waals surface area contributed by atoms with Crippen molar-refractivity contribution in [3.8, 4) is 5.75 Å². The van der Waals surface area contributed by atoms with Crippen molar-refractivity contribution in [2.45, 2.75) is 25.8 Å². The Morgan fingerprint density at radius 1 is 0.867 bits per heavy atom. The van der Waals surface area contributed by atoms with Crippen molar-refractivity contribution in [1.29, 1.82) is 0 Å². The van der Waals surface area contributed by atoms with E-state index in [1.807, 2.05) is 24.3 Å². The smallest absolute Gasteiger partial charge is 0.127 e. The Morgan fingerprint density at radius 2 is 1.63 bits per heavy atom. The fourth-order valence-electron chi connectivity index (χ4n) is 4.76. The number of ether oxygens (including phenoxy) is 1. The molecule has 4 nitrogen and oxygen atoms in total. The molecule has 0 bridgehead atoms. The summed E-state index contributed by atoms with van der Waals surface area (Å²) in [5.41, 5.74) is 2.11. The van der Waals surface area contributed by atoms with Gasteiger partial charge in [-0.25, -0.2) is 4.39 Å². The summed E-state index contributed by atoms with van der Waals surface area (Å²) in [6, 6.07) is 15.6. The zero-order valence-corrected chi connectivity index (χ0v) is 18.1. The molecule has 2 saturated heterocycles. The molecule has 0 aromatic heterocycles. The van der Waals surface area contributed by atoms with E-state index in [-0.39, 0.29) is 5.82 Å². The summed E-state index contributed by atoms with van der Waals surface area (Å²) >= 11 is 0. The fraction of sp³-hybridized carbons (Fsp3) is 0.520. The van der Waals surface area contributed by atoms with Crippen molar-refractivity contribution in [2.75, 3.05) is 57.8 Å². The lowest BCUT2D eigenvalue weighted by Crippen LogP contribution is -2.39. The summed E-state index contributed by atoms with van der Waals surface area (Å²) in [5.74, 6) is 1.59. The van der Waals surface area contributed by atoms with E-state index in [1.165, 1.54) is 38.0 Å². The molecule has 0 saturated carbocycles. The Balaban J connectivity index is 1.22. The van der Waals surface area contributed by atoms with E-state index in [0.717, 1.165) is 56.5 Å². The third-order valence-corrected chi connectivity index (χ3v) is 6.60. The van der Waals surface area contributed by atoms with Gasteiger partial charge in [-0.3, -0.25) is 4.90 Å². The first-order valence-corrected chi connectivity index (χ1v) is 11.3. The lowest BCUT2D eigenvalue weighted by molar-refractivity contribution is 0.141. The van der Waals surface area contributed by atoms with E-state index >= 15 is 0 Å². The minimum atomic E-state index is -0.0781. The molecule has 0 N–H and O–H groups in total. The van der Waals surface area contributed by atoms with E-state index in [9.17, 15) is 4.39 Å². The van der Waals surface area contributed by atoms with Gasteiger partial charge in [0.05, 0.1) is 7.11 Å². The van der Waals surface area contributed by atoms with Crippen LogP contribution in [0.25, 0.3) is 0 Å². The summed E-state index contributed by atoms with van der Waals surface area (Å²) in [5, 5.41) is 0. The van der Waals surface area contributed by atoms with Gasteiger partial charge in [0.25, 0.3) is 0 Å². The summed E-state index contributed by atoms with van der Waals surface area (Å²) < 4.78 is 19.2. The van der Waals surface area contributed by atoms with Gasteiger partial charge in [-0.15, -0.1) is 0 Å². The van der Waals surface area contributed by atoms with Crippen LogP contribution in [0.3, 0.4) is 0 Å². The van der Waals surface area contributed by atoms with E-state index in [1.54, 1.807) is 19.2 Å². The highest BCUT2D eigenvalue weighted by Gasteiger charge is 2.23. The average molecular weight is 412 g/mol. The normalized spacial score (nSPS) is 19.6. The number of rotatable bonds is 6. The van der Waals surface area contributed by atoms with Crippen LogP contribution in [0.15, 0.2) is 48.5 Å². The Morgan fingerprint density at radius 3 is 2.37 bits per heavy atom. The maximum Gasteiger partial charge on any atom is 0.127 e. The average Bonchev–Trinajstić information content (AvgIpc) is 3.02. The Kier molecular flexibility index (Phi) is 7.24. The highest BCUT2D eigenvalue weighted by Crippen LogP contribution is 2.23. The summed E-state index contributed by atoms with van der Waals surface area (Å²) in [4.78, 5) is 7.56. The Labute approximate surface area is 180 Å². The molecule has 2 aliphatic rings. The second-order valence-electron chi connectivity index (χ2n) is 8.65. The zero-order chi connectivity index (χ0) is 20.8. The van der Waals surface area contributed by atoms with Crippen LogP contribution in [0.4, 0.5) is 10.1 Å². The Bertz CT molecular complexity index is 789. The molecule has 2 heterocycles. The first kappa shape index (κ1) is 21.1. The van der Waals surface area contributed by atoms with Crippen LogP contribution in [0.2, 0.25) is 0 Å². The second-order valence-corrected chi connectivity index (χ2v) is 8.65. The van der Waals surface area contributed by atoms with Gasteiger partial charge in [0.2, 0.25) is 0 Å². The number of benzene rings is 2. The number of anilines is 1. The third kappa shape index (κ3) is 5.52. The van der Waals surface area contributed by atoms with Crippen LogP contribution in [0.5, 0.6) is 5.75 Å². The van der Waals surface area contributed by atoms with Gasteiger partial charge in [-0.2, -0.15) is 0 Å². The van der Waals surface area contributed by atoms with E-state index in [4.69, 9.17) is 4.74 Å². The van der Waals surface area contributed by atoms with Crippen LogP contribution >= 0.6 is 0 Å². The van der Waals surface area contributed by atoms with Gasteiger partial charge in [-0.05, 0) is 75.1 Å². The molecule has 30 heavy (non-hydrogen) atoms. The highest BCUT2D eigenvalue weighted by atomic mass is 19.1. The van der Waals surface area contributed by atoms with Crippen molar-refractivity contribution in [2.24, 2.45) is 5.92 Å². The zero-order valence-electron chi connectivity index (χ0n) is 18.1. The van der Waals surface area contributed by atoms with Gasteiger partial charge in [0.15, 0.2) is 0 Å². The number of hydrogen-bond acceptors (Lipinski definition) is 4. The molecule has 2 fully saturated rings. The molecule has 2 aliphatic heterocycles. The topological polar surface area (TPSA) is 19.0 Å². The van der Waals surface area contributed by atoms with E-state index < -0.39 is 0 Å². The van der Waals surface area contributed by atoms with Gasteiger partial charge in [0.1, 0.15) is 11.6 Å². The largest absolute Gasteiger partial charge is 0.497 e. The summed E-state index contributed by atoms with van der Waals surface area (Å²) in [6.07, 6.45) is 3.64. The first-order chi connectivity index (χ1) is 14.7. The van der Waals surface area contributed by atoms with Gasteiger partial charge >= 0.3 is 0 Å². The van der Waals surface area contributed by atoms with Gasteiger partial charge in [-0.1, -0.05) is 18.2 Å². The van der Waals surface area contributed by atoms with Gasteiger partial charge < -0.3 is 14.5 Å². The number of nitrogens with zero attached hydrogens (tertiary/aromatic N) is 3. The number of likely N-dealkylation sites (tertiary alicyclic amines) is 1. The molecule has 2 aromatic rings. The molecule has 0 atom stereocenters. The molecule has 0 amide bonds. The maximum absolute atomic E-state index is 13.9. The van der Waals surface area contributed by atoms with Crippen molar-refractivity contribution in [3.63, 3.8) is 0 Å². The standard InChI is InChI=1S/C25H34FN3O/c1-30-24-9-7-23(8-10-24)29-14-4-13-27(17-18-29)19-21-11-15-28(16-12-21)20-22-5-2-3-6-25(22)26/h2-3,5-10,21H,4,11-20H2,1H3. The highest BCUT2D eigenvalue weighted by molar-refractivity contribution is 5.49. The molecule has 4 rings (SSSR count). The monoisotopic (exact) mass is 411 g/mol. The number of halogens is 1. The second kappa shape index (κ2) is 10.3. The molecule has 162 valence electrons. The first-order valence-electron chi connectivity index (χ1n) is 11.3. The molecular formula is C25H34FN3O. The minimum absolute atomic E-state index is 0.0781. The maximum atomic E-state index is 13.9. The van der Waals surface area contributed by atoms with Crippen molar-refractivity contribution < 1.29 is 9.13 Å². The summed E-state index contributed by atoms with van der Waals surface area (Å²) in [6.45, 7) is 8.59. The Hall–Kier alpha value is -2.11. The van der Waals surface area contributed by atoms with Crippen molar-refractivity contribution in [1.82, 2.24) is 9.80 Å². The minimum Gasteiger partial charge on any atom is -0.497 e. The molecule has 0 spiro atoms. The third-order valence-electron chi connectivity index (χ3n) is 6.60. The quantitative estimate of drug-likeness (QED) is 0.707. The van der Waals surface area contributed by atoms with E-state index in [0.29, 0.717) is 0 Å². The van der Waals surface area contributed by atoms with Crippen LogP contribution in [0, 0.1) is 11.7 Å². The summed E-state index contributed by atoms with van der Waals surface area (Å²) in [7, 11) is 1.71. The van der Waals surface area contributed by atoms with Crippen molar-refractivity contribution >= 4 is 5.69 Å². The predicted molar refractivity (Wildman–Crippen MR) is 121 cm³/mol. The lowest BCUT2D eigenvalue weighted by atomic mass is 9.95. The van der Waals surface area contributed by atoms with Gasteiger partial charge in [0, 0.05) is 44.0 Å². The number of methoxy groups -OCH3 is 1. The van der Waals surface area contributed by atoms with Crippen LogP contribution in [0.1, 0.15) is 24.8 Å². The number of hydrogen-bond donors (Lipinski definition) is 0. The SMILES string of the molecule is COc1ccc(N2CCCN(CC3CCN(Cc4ccccc4F)CC3)CC2)cc1. The number of piperidine rings is 1. The molecule has 2 aromatic carbocycles. The van der Waals surface area contributed by atoms with Crippen LogP contribution < -0.4 is 9.64 Å². The van der Waals surface area contributed by atoms with Crippen molar-refractivity contribution in [3.05, 3.63) is 59.9 Å². The fourth-order valence-corrected chi connectivity index (χ4v) is 4.76. The lowest BCUT2D eigenvalue weighted by Gasteiger charge is -2.34. The molecule has 5 heteroatoms. The predicted octanol–water partition coefficient (Wildman–Crippen LogP) is 4.26. The molecule has 0 aliphatic carbocycles. The molecular weight excluding hydrogens is 377 g/mol.